The van der Waals surface area contributed by atoms with Crippen LogP contribution in [0.2, 0.25) is 5.28 Å². The van der Waals surface area contributed by atoms with Gasteiger partial charge in [-0.1, -0.05) is 49.0 Å². The first-order chi connectivity index (χ1) is 4.93. The van der Waals surface area contributed by atoms with Crippen molar-refractivity contribution in [3.05, 3.63) is 30.3 Å². The quantitative estimate of drug-likeness (QED) is 0.604. The van der Waals surface area contributed by atoms with Crippen molar-refractivity contribution >= 4 is 19.6 Å². The van der Waals surface area contributed by atoms with Gasteiger partial charge in [-0.25, -0.2) is 0 Å². The van der Waals surface area contributed by atoms with Gasteiger partial charge in [0.05, 0.1) is 0 Å². The second kappa shape index (κ2) is 6.40. The first kappa shape index (κ1) is 10.7. The highest BCUT2D eigenvalue weighted by atomic mass is 27.1. The van der Waals surface area contributed by atoms with Crippen LogP contribution in [0.4, 0.5) is 4.70 Å². The molecule has 1 rings (SSSR count). The van der Waals surface area contributed by atoms with Gasteiger partial charge in [0.1, 0.15) is 0 Å². The lowest BCUT2D eigenvalue weighted by atomic mass is 10.4. The zero-order valence-electron chi connectivity index (χ0n) is 6.79. The van der Waals surface area contributed by atoms with E-state index in [1.807, 2.05) is 0 Å². The molecule has 0 spiro atoms. The summed E-state index contributed by atoms with van der Waals surface area (Å²) in [5, 5.41) is 1.39. The van der Waals surface area contributed by atoms with E-state index in [4.69, 9.17) is 0 Å². The van der Waals surface area contributed by atoms with E-state index in [1.165, 1.54) is 11.7 Å². The van der Waals surface area contributed by atoms with Crippen molar-refractivity contribution in [2.24, 2.45) is 0 Å². The lowest BCUT2D eigenvalue weighted by molar-refractivity contribution is 1.08. The van der Waals surface area contributed by atoms with Crippen LogP contribution in [0, 0.1) is 0 Å². The van der Waals surface area contributed by atoms with Crippen LogP contribution in [-0.4, -0.2) is 15.2 Å². The van der Waals surface area contributed by atoms with Crippen molar-refractivity contribution in [3.63, 3.8) is 0 Å². The minimum Gasteiger partial charge on any atom is -0.269 e. The van der Waals surface area contributed by atoms with E-state index in [9.17, 15) is 0 Å². The summed E-state index contributed by atoms with van der Waals surface area (Å²) in [4.78, 5) is 0. The Kier molecular flexibility index (Phi) is 6.21. The molecule has 0 aliphatic carbocycles. The largest absolute Gasteiger partial charge is 0.269 e. The predicted molar refractivity (Wildman–Crippen MR) is 49.4 cm³/mol. The molecule has 1 aromatic carbocycles. The Morgan fingerprint density at radius 3 is 2.36 bits per heavy atom. The first-order valence-corrected chi connectivity index (χ1v) is 5.21. The number of benzene rings is 1. The van der Waals surface area contributed by atoms with Crippen molar-refractivity contribution in [3.8, 4) is 0 Å². The van der Waals surface area contributed by atoms with Crippen LogP contribution in [0.25, 0.3) is 0 Å². The Bertz CT molecular complexity index is 174. The molecule has 0 aliphatic rings. The number of hydrogen-bond acceptors (Lipinski definition) is 0. The van der Waals surface area contributed by atoms with Crippen LogP contribution in [0.3, 0.4) is 0 Å². The van der Waals surface area contributed by atoms with Gasteiger partial charge in [0.25, 0.3) is 0 Å². The van der Waals surface area contributed by atoms with Gasteiger partial charge in [0, 0.05) is 0 Å². The van der Waals surface area contributed by atoms with Gasteiger partial charge in [-0.05, 0) is 0 Å². The Morgan fingerprint density at radius 1 is 1.18 bits per heavy atom. The van der Waals surface area contributed by atoms with Crippen LogP contribution < -0.4 is 4.43 Å². The Labute approximate surface area is 73.7 Å². The summed E-state index contributed by atoms with van der Waals surface area (Å²) in [6, 6.07) is 10.8. The van der Waals surface area contributed by atoms with E-state index < -0.39 is 0 Å². The topological polar surface area (TPSA) is 0 Å². The zero-order valence-corrected chi connectivity index (χ0v) is 7.94. The average Bonchev–Trinajstić information content (AvgIpc) is 2.03. The summed E-state index contributed by atoms with van der Waals surface area (Å²) < 4.78 is 1.55. The third-order valence-electron chi connectivity index (χ3n) is 1.47. The summed E-state index contributed by atoms with van der Waals surface area (Å²) in [5.74, 6) is 0. The number of hydrogen-bond donors (Lipinski definition) is 0. The fourth-order valence-corrected chi connectivity index (χ4v) is 2.02. The highest BCUT2D eigenvalue weighted by molar-refractivity contribution is 6.53. The molecule has 1 radical (unpaired) electrons. The average molecular weight is 167 g/mol. The third kappa shape index (κ3) is 4.19. The SMILES string of the molecule is CC[CH2][Al][c]1ccccc1.F. The molecule has 0 aliphatic heterocycles. The summed E-state index contributed by atoms with van der Waals surface area (Å²) in [7, 11) is 0. The molecule has 0 heterocycles. The molecule has 0 amide bonds. The molecule has 0 bridgehead atoms. The summed E-state index contributed by atoms with van der Waals surface area (Å²) in [5.41, 5.74) is 0. The lowest BCUT2D eigenvalue weighted by Crippen LogP contribution is -2.11. The molecule has 0 saturated heterocycles. The summed E-state index contributed by atoms with van der Waals surface area (Å²) in [6.07, 6.45) is 1.32. The molecule has 0 fully saturated rings. The van der Waals surface area contributed by atoms with Crippen molar-refractivity contribution in [1.82, 2.24) is 0 Å². The molecule has 59 valence electrons. The van der Waals surface area contributed by atoms with Crippen molar-refractivity contribution in [2.75, 3.05) is 0 Å². The Balaban J connectivity index is 0.000001000. The van der Waals surface area contributed by atoms with E-state index in [1.54, 1.807) is 4.43 Å². The maximum absolute atomic E-state index is 2.25. The van der Waals surface area contributed by atoms with Gasteiger partial charge < -0.3 is 0 Å². The first-order valence-electron chi connectivity index (χ1n) is 3.81. The molecule has 0 N–H and O–H groups in total. The normalized spacial score (nSPS) is 8.45. The second-order valence-electron chi connectivity index (χ2n) is 2.40. The Hall–Kier alpha value is -0.318. The predicted octanol–water partition coefficient (Wildman–Crippen LogP) is 2.00. The van der Waals surface area contributed by atoms with Crippen molar-refractivity contribution < 1.29 is 4.70 Å². The molecular weight excluding hydrogens is 154 g/mol. The highest BCUT2D eigenvalue weighted by Gasteiger charge is 1.91. The molecule has 0 saturated carbocycles. The van der Waals surface area contributed by atoms with E-state index >= 15 is 0 Å². The van der Waals surface area contributed by atoms with Crippen LogP contribution in [0.15, 0.2) is 30.3 Å². The van der Waals surface area contributed by atoms with E-state index in [2.05, 4.69) is 37.3 Å². The number of halogens is 1. The fraction of sp³-hybridized carbons (Fsp3) is 0.333. The van der Waals surface area contributed by atoms with Crippen LogP contribution in [0.5, 0.6) is 0 Å². The molecule has 11 heavy (non-hydrogen) atoms. The van der Waals surface area contributed by atoms with E-state index in [0.29, 0.717) is 15.2 Å². The Morgan fingerprint density at radius 2 is 1.82 bits per heavy atom. The summed E-state index contributed by atoms with van der Waals surface area (Å²) in [6.45, 7) is 2.25. The highest BCUT2D eigenvalue weighted by Crippen LogP contribution is 1.87. The lowest BCUT2D eigenvalue weighted by Gasteiger charge is -1.94. The standard InChI is InChI=1S/C6H5.C3H7.Al.FH/c1-2-4-6-5-3-1;1-3-2;;/h1-5H;1,3H2,2H3;;1H. The second-order valence-corrected chi connectivity index (χ2v) is 4.06. The van der Waals surface area contributed by atoms with Gasteiger partial charge in [-0.15, -0.1) is 4.43 Å². The van der Waals surface area contributed by atoms with Gasteiger partial charge in [-0.2, -0.15) is 0 Å². The van der Waals surface area contributed by atoms with Gasteiger partial charge in [0.2, 0.25) is 15.2 Å². The molecule has 0 nitrogen and oxygen atoms in total. The summed E-state index contributed by atoms with van der Waals surface area (Å²) >= 11 is 0.547. The zero-order chi connectivity index (χ0) is 7.23. The molecular formula is C9H13AlF. The molecule has 2 heteroatoms. The minimum atomic E-state index is 0. The monoisotopic (exact) mass is 167 g/mol. The fourth-order valence-electron chi connectivity index (χ4n) is 0.900. The van der Waals surface area contributed by atoms with E-state index in [-0.39, 0.29) is 4.70 Å². The molecule has 1 aromatic rings. The smallest absolute Gasteiger partial charge is 0.250 e. The molecule has 0 unspecified atom stereocenters. The third-order valence-corrected chi connectivity index (χ3v) is 3.19. The van der Waals surface area contributed by atoms with Crippen LogP contribution in [-0.2, 0) is 0 Å². The van der Waals surface area contributed by atoms with Gasteiger partial charge >= 0.3 is 0 Å². The molecule has 0 aromatic heterocycles. The van der Waals surface area contributed by atoms with Crippen molar-refractivity contribution in [2.45, 2.75) is 18.6 Å². The van der Waals surface area contributed by atoms with Crippen LogP contribution in [0.1, 0.15) is 13.3 Å². The van der Waals surface area contributed by atoms with Crippen molar-refractivity contribution in [1.29, 1.82) is 0 Å². The number of rotatable bonds is 3. The van der Waals surface area contributed by atoms with Gasteiger partial charge in [-0.3, -0.25) is 4.70 Å². The minimum absolute atomic E-state index is 0. The van der Waals surface area contributed by atoms with Gasteiger partial charge in [0.15, 0.2) is 0 Å². The maximum atomic E-state index is 2.25. The maximum Gasteiger partial charge on any atom is 0.250 e. The molecule has 0 atom stereocenters. The van der Waals surface area contributed by atoms with E-state index in [0.717, 1.165) is 0 Å². The van der Waals surface area contributed by atoms with Crippen LogP contribution >= 0.6 is 0 Å².